The number of methoxy groups -OCH3 is 1. The van der Waals surface area contributed by atoms with Crippen molar-refractivity contribution in [1.82, 2.24) is 24.7 Å². The summed E-state index contributed by atoms with van der Waals surface area (Å²) < 4.78 is 7.07. The quantitative estimate of drug-likeness (QED) is 0.902. The molecular formula is C15H22N6O. The molecule has 0 bridgehead atoms. The van der Waals surface area contributed by atoms with Gasteiger partial charge in [0.25, 0.3) is 0 Å². The van der Waals surface area contributed by atoms with Gasteiger partial charge in [0.15, 0.2) is 5.82 Å². The van der Waals surface area contributed by atoms with Crippen LogP contribution in [0.2, 0.25) is 0 Å². The van der Waals surface area contributed by atoms with Gasteiger partial charge in [0.1, 0.15) is 24.1 Å². The molecule has 7 nitrogen and oxygen atoms in total. The summed E-state index contributed by atoms with van der Waals surface area (Å²) in [5.74, 6) is 3.50. The highest BCUT2D eigenvalue weighted by atomic mass is 16.5. The topological polar surface area (TPSA) is 77.8 Å². The zero-order chi connectivity index (χ0) is 15.5. The summed E-state index contributed by atoms with van der Waals surface area (Å²) in [4.78, 5) is 13.4. The molecule has 3 heterocycles. The van der Waals surface area contributed by atoms with Crippen LogP contribution >= 0.6 is 0 Å². The molecule has 1 N–H and O–H groups in total. The van der Waals surface area contributed by atoms with Crippen LogP contribution in [0, 0.1) is 6.92 Å². The third-order valence-corrected chi connectivity index (χ3v) is 3.78. The van der Waals surface area contributed by atoms with Crippen molar-refractivity contribution in [2.24, 2.45) is 0 Å². The van der Waals surface area contributed by atoms with Gasteiger partial charge in [0, 0.05) is 31.3 Å². The van der Waals surface area contributed by atoms with Crippen molar-refractivity contribution in [3.63, 3.8) is 0 Å². The third-order valence-electron chi connectivity index (χ3n) is 3.78. The molecule has 0 aromatic carbocycles. The minimum atomic E-state index is 0.309. The van der Waals surface area contributed by atoms with Gasteiger partial charge >= 0.3 is 0 Å². The maximum atomic E-state index is 5.10. The first kappa shape index (κ1) is 14.9. The van der Waals surface area contributed by atoms with Gasteiger partial charge in [0.2, 0.25) is 0 Å². The monoisotopic (exact) mass is 302 g/mol. The number of hydrogen-bond donors (Lipinski definition) is 1. The largest absolute Gasteiger partial charge is 0.377 e. The Balaban J connectivity index is 1.70. The Hall–Kier alpha value is -2.02. The van der Waals surface area contributed by atoms with Crippen LogP contribution in [0.5, 0.6) is 0 Å². The molecule has 0 aliphatic carbocycles. The van der Waals surface area contributed by atoms with E-state index < -0.39 is 0 Å². The number of aromatic nitrogens is 5. The second kappa shape index (κ2) is 6.39. The van der Waals surface area contributed by atoms with E-state index in [2.05, 4.69) is 32.3 Å². The fourth-order valence-electron chi connectivity index (χ4n) is 2.76. The predicted molar refractivity (Wildman–Crippen MR) is 82.6 cm³/mol. The lowest BCUT2D eigenvalue weighted by molar-refractivity contribution is 0.177. The minimum absolute atomic E-state index is 0.309. The number of hydrogen-bond acceptors (Lipinski definition) is 6. The highest BCUT2D eigenvalue weighted by molar-refractivity contribution is 5.37. The Kier molecular flexibility index (Phi) is 4.33. The molecule has 0 spiro atoms. The van der Waals surface area contributed by atoms with Crippen molar-refractivity contribution in [3.8, 4) is 0 Å². The molecule has 3 rings (SSSR count). The van der Waals surface area contributed by atoms with Crippen molar-refractivity contribution in [1.29, 1.82) is 0 Å². The van der Waals surface area contributed by atoms with E-state index in [1.54, 1.807) is 7.11 Å². The lowest BCUT2D eigenvalue weighted by Crippen LogP contribution is -2.32. The zero-order valence-corrected chi connectivity index (χ0v) is 13.3. The smallest absolute Gasteiger partial charge is 0.176 e. The standard InChI is InChI=1S/C15H22N6O/c1-4-11-7-13(17-10(2)16-11)18-12-5-6-15-19-14(9-22-3)20-21(15)8-12/h7,12H,4-6,8-9H2,1-3H3,(H,16,17,18). The third kappa shape index (κ3) is 3.24. The van der Waals surface area contributed by atoms with Crippen LogP contribution in [0.4, 0.5) is 5.82 Å². The van der Waals surface area contributed by atoms with Gasteiger partial charge in [-0.15, -0.1) is 0 Å². The van der Waals surface area contributed by atoms with Crippen molar-refractivity contribution in [2.75, 3.05) is 12.4 Å². The van der Waals surface area contributed by atoms with Crippen LogP contribution in [0.1, 0.15) is 36.5 Å². The molecule has 0 fully saturated rings. The van der Waals surface area contributed by atoms with E-state index in [9.17, 15) is 0 Å². The molecule has 0 amide bonds. The molecule has 1 unspecified atom stereocenters. The number of ether oxygens (including phenoxy) is 1. The molecule has 2 aromatic heterocycles. The molecule has 0 saturated carbocycles. The Morgan fingerprint density at radius 3 is 3.00 bits per heavy atom. The summed E-state index contributed by atoms with van der Waals surface area (Å²) in [5.41, 5.74) is 1.06. The zero-order valence-electron chi connectivity index (χ0n) is 13.3. The van der Waals surface area contributed by atoms with Crippen LogP contribution in [0.15, 0.2) is 6.07 Å². The van der Waals surface area contributed by atoms with E-state index in [-0.39, 0.29) is 0 Å². The Labute approximate surface area is 130 Å². The van der Waals surface area contributed by atoms with Crippen molar-refractivity contribution < 1.29 is 4.74 Å². The average molecular weight is 302 g/mol. The number of anilines is 1. The number of fused-ring (bicyclic) bond motifs is 1. The minimum Gasteiger partial charge on any atom is -0.377 e. The van der Waals surface area contributed by atoms with Crippen LogP contribution in [0.25, 0.3) is 0 Å². The first-order valence-corrected chi connectivity index (χ1v) is 7.70. The molecule has 22 heavy (non-hydrogen) atoms. The van der Waals surface area contributed by atoms with E-state index >= 15 is 0 Å². The highest BCUT2D eigenvalue weighted by Gasteiger charge is 2.22. The van der Waals surface area contributed by atoms with Gasteiger partial charge in [-0.05, 0) is 19.8 Å². The average Bonchev–Trinajstić information content (AvgIpc) is 2.88. The van der Waals surface area contributed by atoms with Crippen molar-refractivity contribution in [3.05, 3.63) is 29.2 Å². The number of aryl methyl sites for hydroxylation is 3. The first-order valence-electron chi connectivity index (χ1n) is 7.70. The summed E-state index contributed by atoms with van der Waals surface area (Å²) in [6.07, 6.45) is 2.85. The second-order valence-electron chi connectivity index (χ2n) is 5.58. The Bertz CT molecular complexity index is 653. The summed E-state index contributed by atoms with van der Waals surface area (Å²) in [5, 5.41) is 8.00. The van der Waals surface area contributed by atoms with Gasteiger partial charge in [-0.1, -0.05) is 6.92 Å². The van der Waals surface area contributed by atoms with E-state index in [1.165, 1.54) is 0 Å². The van der Waals surface area contributed by atoms with Crippen LogP contribution in [-0.2, 0) is 30.7 Å². The van der Waals surface area contributed by atoms with Gasteiger partial charge in [-0.3, -0.25) is 0 Å². The second-order valence-corrected chi connectivity index (χ2v) is 5.58. The van der Waals surface area contributed by atoms with Crippen LogP contribution in [-0.4, -0.2) is 37.9 Å². The van der Waals surface area contributed by atoms with Crippen LogP contribution in [0.3, 0.4) is 0 Å². The molecule has 1 aliphatic rings. The van der Waals surface area contributed by atoms with Gasteiger partial charge < -0.3 is 10.1 Å². The fourth-order valence-corrected chi connectivity index (χ4v) is 2.76. The maximum Gasteiger partial charge on any atom is 0.176 e. The lowest BCUT2D eigenvalue weighted by atomic mass is 10.1. The van der Waals surface area contributed by atoms with Gasteiger partial charge in [-0.25, -0.2) is 19.6 Å². The molecule has 118 valence electrons. The Morgan fingerprint density at radius 1 is 1.36 bits per heavy atom. The predicted octanol–water partition coefficient (Wildman–Crippen LogP) is 1.51. The van der Waals surface area contributed by atoms with Gasteiger partial charge in [0.05, 0.1) is 6.54 Å². The normalized spacial score (nSPS) is 17.3. The van der Waals surface area contributed by atoms with Crippen LogP contribution < -0.4 is 5.32 Å². The molecule has 1 atom stereocenters. The molecule has 7 heteroatoms. The summed E-state index contributed by atoms with van der Waals surface area (Å²) >= 11 is 0. The fraction of sp³-hybridized carbons (Fsp3) is 0.600. The summed E-state index contributed by atoms with van der Waals surface area (Å²) in [6.45, 7) is 5.29. The van der Waals surface area contributed by atoms with E-state index in [0.29, 0.717) is 12.6 Å². The summed E-state index contributed by atoms with van der Waals surface area (Å²) in [7, 11) is 1.66. The number of nitrogens with one attached hydrogen (secondary N) is 1. The lowest BCUT2D eigenvalue weighted by Gasteiger charge is -2.24. The van der Waals surface area contributed by atoms with Crippen molar-refractivity contribution >= 4 is 5.82 Å². The number of nitrogens with zero attached hydrogens (tertiary/aromatic N) is 5. The van der Waals surface area contributed by atoms with Gasteiger partial charge in [-0.2, -0.15) is 5.10 Å². The SMILES string of the molecule is CCc1cc(NC2CCc3nc(COC)nn3C2)nc(C)n1. The van der Waals surface area contributed by atoms with Crippen molar-refractivity contribution in [2.45, 2.75) is 52.3 Å². The molecular weight excluding hydrogens is 280 g/mol. The molecule has 0 radical (unpaired) electrons. The summed E-state index contributed by atoms with van der Waals surface area (Å²) in [6, 6.07) is 2.34. The molecule has 1 aliphatic heterocycles. The van der Waals surface area contributed by atoms with E-state index in [1.807, 2.05) is 17.7 Å². The highest BCUT2D eigenvalue weighted by Crippen LogP contribution is 2.17. The first-order chi connectivity index (χ1) is 10.7. The Morgan fingerprint density at radius 2 is 2.23 bits per heavy atom. The number of rotatable bonds is 5. The van der Waals surface area contributed by atoms with E-state index in [4.69, 9.17) is 4.74 Å². The maximum absolute atomic E-state index is 5.10. The molecule has 2 aromatic rings. The van der Waals surface area contributed by atoms with E-state index in [0.717, 1.165) is 54.8 Å². The molecule has 0 saturated heterocycles.